The van der Waals surface area contributed by atoms with Gasteiger partial charge in [-0.3, -0.25) is 4.79 Å². The van der Waals surface area contributed by atoms with Crippen molar-refractivity contribution in [1.29, 1.82) is 0 Å². The molecule has 0 aromatic heterocycles. The Morgan fingerprint density at radius 2 is 2.33 bits per heavy atom. The van der Waals surface area contributed by atoms with Crippen molar-refractivity contribution < 1.29 is 9.53 Å². The molecule has 0 spiro atoms. The summed E-state index contributed by atoms with van der Waals surface area (Å²) in [5, 5.41) is 6.94. The van der Waals surface area contributed by atoms with Gasteiger partial charge < -0.3 is 15.4 Å². The van der Waals surface area contributed by atoms with Gasteiger partial charge in [-0.2, -0.15) is 0 Å². The summed E-state index contributed by atoms with van der Waals surface area (Å²) >= 11 is 6.06. The summed E-state index contributed by atoms with van der Waals surface area (Å²) < 4.78 is 5.27. The average molecular weight is 311 g/mol. The third-order valence-electron chi connectivity index (χ3n) is 3.93. The Morgan fingerprint density at radius 3 is 3.00 bits per heavy atom. The van der Waals surface area contributed by atoms with Crippen LogP contribution in [-0.4, -0.2) is 26.1 Å². The van der Waals surface area contributed by atoms with Crippen LogP contribution in [0.25, 0.3) is 0 Å². The molecule has 0 saturated carbocycles. The maximum atomic E-state index is 12.1. The lowest BCUT2D eigenvalue weighted by atomic mass is 9.94. The molecule has 2 N–H and O–H groups in total. The minimum absolute atomic E-state index is 0.0283. The first-order valence-corrected chi connectivity index (χ1v) is 7.82. The standard InChI is InChI=1S/C16H23ClN2O2/c1-11-8-14(15(21-2)9-13(11)17)19-16(20)6-5-12-4-3-7-18-10-12/h8-9,12,18H,3-7,10H2,1-2H3,(H,19,20). The summed E-state index contributed by atoms with van der Waals surface area (Å²) in [6.45, 7) is 4.03. The van der Waals surface area contributed by atoms with Gasteiger partial charge in [-0.25, -0.2) is 0 Å². The molecule has 1 aromatic rings. The number of hydrogen-bond acceptors (Lipinski definition) is 3. The molecule has 1 aliphatic heterocycles. The smallest absolute Gasteiger partial charge is 0.224 e. The predicted octanol–water partition coefficient (Wildman–Crippen LogP) is 3.38. The number of carbonyl (C=O) groups excluding carboxylic acids is 1. The highest BCUT2D eigenvalue weighted by Gasteiger charge is 2.15. The molecule has 0 bridgehead atoms. The normalized spacial score (nSPS) is 18.3. The molecule has 1 amide bonds. The Bertz CT molecular complexity index is 499. The first-order valence-electron chi connectivity index (χ1n) is 7.45. The number of ether oxygens (including phenoxy) is 1. The first kappa shape index (κ1) is 16.1. The lowest BCUT2D eigenvalue weighted by Crippen LogP contribution is -2.30. The number of aryl methyl sites for hydroxylation is 1. The zero-order valence-corrected chi connectivity index (χ0v) is 13.4. The molecule has 0 radical (unpaired) electrons. The fourth-order valence-corrected chi connectivity index (χ4v) is 2.80. The van der Waals surface area contributed by atoms with Crippen LogP contribution in [0.15, 0.2) is 12.1 Å². The fourth-order valence-electron chi connectivity index (χ4n) is 2.65. The van der Waals surface area contributed by atoms with Gasteiger partial charge in [0.2, 0.25) is 5.91 Å². The summed E-state index contributed by atoms with van der Waals surface area (Å²) in [5.74, 6) is 1.23. The van der Waals surface area contributed by atoms with E-state index in [4.69, 9.17) is 16.3 Å². The third kappa shape index (κ3) is 4.61. The molecule has 116 valence electrons. The number of halogens is 1. The van der Waals surface area contributed by atoms with E-state index in [9.17, 15) is 4.79 Å². The zero-order chi connectivity index (χ0) is 15.2. The maximum absolute atomic E-state index is 12.1. The lowest BCUT2D eigenvalue weighted by Gasteiger charge is -2.22. The highest BCUT2D eigenvalue weighted by Crippen LogP contribution is 2.31. The van der Waals surface area contributed by atoms with Crippen LogP contribution in [0.5, 0.6) is 5.75 Å². The molecule has 4 nitrogen and oxygen atoms in total. The summed E-state index contributed by atoms with van der Waals surface area (Å²) in [4.78, 5) is 12.1. The van der Waals surface area contributed by atoms with Gasteiger partial charge in [-0.05, 0) is 56.8 Å². The van der Waals surface area contributed by atoms with E-state index in [1.54, 1.807) is 13.2 Å². The Morgan fingerprint density at radius 1 is 1.52 bits per heavy atom. The molecule has 21 heavy (non-hydrogen) atoms. The van der Waals surface area contributed by atoms with E-state index >= 15 is 0 Å². The van der Waals surface area contributed by atoms with Crippen LogP contribution < -0.4 is 15.4 Å². The number of hydrogen-bond donors (Lipinski definition) is 2. The van der Waals surface area contributed by atoms with Crippen molar-refractivity contribution in [3.05, 3.63) is 22.7 Å². The van der Waals surface area contributed by atoms with Gasteiger partial charge in [0.15, 0.2) is 0 Å². The topological polar surface area (TPSA) is 50.4 Å². The van der Waals surface area contributed by atoms with Crippen LogP contribution >= 0.6 is 11.6 Å². The molecule has 1 atom stereocenters. The first-order chi connectivity index (χ1) is 10.1. The van der Waals surface area contributed by atoms with E-state index in [0.29, 0.717) is 28.8 Å². The number of methoxy groups -OCH3 is 1. The van der Waals surface area contributed by atoms with Crippen molar-refractivity contribution in [2.75, 3.05) is 25.5 Å². The zero-order valence-electron chi connectivity index (χ0n) is 12.7. The van der Waals surface area contributed by atoms with Crippen molar-refractivity contribution >= 4 is 23.2 Å². The number of benzene rings is 1. The highest BCUT2D eigenvalue weighted by molar-refractivity contribution is 6.31. The molecule has 5 heteroatoms. The molecule has 1 aromatic carbocycles. The van der Waals surface area contributed by atoms with Gasteiger partial charge in [0, 0.05) is 17.5 Å². The Balaban J connectivity index is 1.91. The van der Waals surface area contributed by atoms with Gasteiger partial charge in [0.05, 0.1) is 12.8 Å². The molecule has 2 rings (SSSR count). The van der Waals surface area contributed by atoms with E-state index in [1.165, 1.54) is 12.8 Å². The second-order valence-electron chi connectivity index (χ2n) is 5.60. The number of piperidine rings is 1. The van der Waals surface area contributed by atoms with Crippen LogP contribution in [0.3, 0.4) is 0 Å². The monoisotopic (exact) mass is 310 g/mol. The Labute approximate surface area is 131 Å². The van der Waals surface area contributed by atoms with Crippen molar-refractivity contribution in [2.45, 2.75) is 32.6 Å². The lowest BCUT2D eigenvalue weighted by molar-refractivity contribution is -0.116. The van der Waals surface area contributed by atoms with E-state index < -0.39 is 0 Å². The number of amides is 1. The molecule has 1 heterocycles. The van der Waals surface area contributed by atoms with E-state index in [-0.39, 0.29) is 5.91 Å². The van der Waals surface area contributed by atoms with Crippen molar-refractivity contribution in [3.8, 4) is 5.75 Å². The minimum atomic E-state index is 0.0283. The van der Waals surface area contributed by atoms with Crippen LogP contribution in [-0.2, 0) is 4.79 Å². The fraction of sp³-hybridized carbons (Fsp3) is 0.562. The summed E-state index contributed by atoms with van der Waals surface area (Å²) in [7, 11) is 1.57. The minimum Gasteiger partial charge on any atom is -0.495 e. The third-order valence-corrected chi connectivity index (χ3v) is 4.34. The largest absolute Gasteiger partial charge is 0.495 e. The Kier molecular flexibility index (Phi) is 5.88. The van der Waals surface area contributed by atoms with Crippen LogP contribution in [0.1, 0.15) is 31.2 Å². The quantitative estimate of drug-likeness (QED) is 0.876. The number of anilines is 1. The summed E-state index contributed by atoms with van der Waals surface area (Å²) in [6, 6.07) is 3.58. The second kappa shape index (κ2) is 7.66. The maximum Gasteiger partial charge on any atom is 0.224 e. The van der Waals surface area contributed by atoms with E-state index in [2.05, 4.69) is 10.6 Å². The predicted molar refractivity (Wildman–Crippen MR) is 86.2 cm³/mol. The number of nitrogens with one attached hydrogen (secondary N) is 2. The average Bonchev–Trinajstić information content (AvgIpc) is 2.49. The molecule has 0 aliphatic carbocycles. The highest BCUT2D eigenvalue weighted by atomic mass is 35.5. The molecule has 1 saturated heterocycles. The van der Waals surface area contributed by atoms with Crippen molar-refractivity contribution in [1.82, 2.24) is 5.32 Å². The summed E-state index contributed by atoms with van der Waals surface area (Å²) in [5.41, 5.74) is 1.61. The van der Waals surface area contributed by atoms with Gasteiger partial charge in [0.25, 0.3) is 0 Å². The number of carbonyl (C=O) groups is 1. The molecular formula is C16H23ClN2O2. The van der Waals surface area contributed by atoms with Crippen molar-refractivity contribution in [2.24, 2.45) is 5.92 Å². The van der Waals surface area contributed by atoms with Crippen LogP contribution in [0.4, 0.5) is 5.69 Å². The second-order valence-corrected chi connectivity index (χ2v) is 6.01. The van der Waals surface area contributed by atoms with E-state index in [0.717, 1.165) is 25.1 Å². The van der Waals surface area contributed by atoms with Gasteiger partial charge in [0.1, 0.15) is 5.75 Å². The van der Waals surface area contributed by atoms with Gasteiger partial charge in [-0.15, -0.1) is 0 Å². The summed E-state index contributed by atoms with van der Waals surface area (Å²) in [6.07, 6.45) is 3.88. The van der Waals surface area contributed by atoms with Gasteiger partial charge >= 0.3 is 0 Å². The van der Waals surface area contributed by atoms with Gasteiger partial charge in [-0.1, -0.05) is 11.6 Å². The number of rotatable bonds is 5. The SMILES string of the molecule is COc1cc(Cl)c(C)cc1NC(=O)CCC1CCCNC1. The Hall–Kier alpha value is -1.26. The molecule has 1 fully saturated rings. The van der Waals surface area contributed by atoms with Crippen molar-refractivity contribution in [3.63, 3.8) is 0 Å². The molecule has 1 unspecified atom stereocenters. The molecule has 1 aliphatic rings. The van der Waals surface area contributed by atoms with E-state index in [1.807, 2.05) is 13.0 Å². The van der Waals surface area contributed by atoms with Crippen LogP contribution in [0, 0.1) is 12.8 Å². The molecular weight excluding hydrogens is 288 g/mol. The van der Waals surface area contributed by atoms with Crippen LogP contribution in [0.2, 0.25) is 5.02 Å².